The number of benzene rings is 1. The van der Waals surface area contributed by atoms with Gasteiger partial charge in [0.2, 0.25) is 0 Å². The lowest BCUT2D eigenvalue weighted by Crippen LogP contribution is -2.33. The monoisotopic (exact) mass is 310 g/mol. The average Bonchev–Trinajstić information content (AvgIpc) is 2.40. The molecule has 1 rings (SSSR count). The fraction of sp³-hybridized carbons (Fsp3) is 0.571. The molecule has 0 aromatic heterocycles. The number of hydrogen-bond donors (Lipinski definition) is 0. The van der Waals surface area contributed by atoms with Gasteiger partial charge in [-0.1, -0.05) is 31.5 Å². The van der Waals surface area contributed by atoms with Gasteiger partial charge < -0.3 is 9.47 Å². The third-order valence-corrected chi connectivity index (χ3v) is 3.64. The topological polar surface area (TPSA) is 18.5 Å². The number of alkyl halides is 3. The Morgan fingerprint density at radius 1 is 1.15 bits per heavy atom. The summed E-state index contributed by atoms with van der Waals surface area (Å²) in [5, 5.41) is 0.410. The molecule has 0 fully saturated rings. The first-order chi connectivity index (χ1) is 9.28. The van der Waals surface area contributed by atoms with E-state index in [0.29, 0.717) is 29.2 Å². The van der Waals surface area contributed by atoms with Crippen LogP contribution in [0.5, 0.6) is 5.75 Å². The van der Waals surface area contributed by atoms with Gasteiger partial charge >= 0.3 is 6.18 Å². The summed E-state index contributed by atoms with van der Waals surface area (Å²) < 4.78 is 47.5. The van der Waals surface area contributed by atoms with Crippen molar-refractivity contribution in [1.82, 2.24) is 0 Å². The van der Waals surface area contributed by atoms with Crippen LogP contribution in [0.2, 0.25) is 5.02 Å². The zero-order valence-electron chi connectivity index (χ0n) is 11.7. The average molecular weight is 311 g/mol. The van der Waals surface area contributed by atoms with Gasteiger partial charge in [0.15, 0.2) is 0 Å². The summed E-state index contributed by atoms with van der Waals surface area (Å²) in [5.74, 6) is 0.422. The van der Waals surface area contributed by atoms with Crippen LogP contribution in [0.15, 0.2) is 18.2 Å². The van der Waals surface area contributed by atoms with Crippen LogP contribution < -0.4 is 4.74 Å². The number of halogens is 4. The van der Waals surface area contributed by atoms with Crippen LogP contribution >= 0.6 is 11.6 Å². The predicted molar refractivity (Wildman–Crippen MR) is 72.3 cm³/mol. The van der Waals surface area contributed by atoms with E-state index in [0.717, 1.165) is 0 Å². The largest absolute Gasteiger partial charge is 0.495 e. The summed E-state index contributed by atoms with van der Waals surface area (Å²) in [4.78, 5) is 0. The quantitative estimate of drug-likeness (QED) is 0.740. The Labute approximate surface area is 121 Å². The zero-order chi connectivity index (χ0) is 15.4. The minimum Gasteiger partial charge on any atom is -0.495 e. The summed E-state index contributed by atoms with van der Waals surface area (Å²) in [5.41, 5.74) is -0.360. The molecule has 0 radical (unpaired) electrons. The third-order valence-electron chi connectivity index (χ3n) is 3.33. The van der Waals surface area contributed by atoms with Crippen molar-refractivity contribution in [3.63, 3.8) is 0 Å². The SMILES string of the molecule is CCC(CC)(OCC(F)(F)F)c1ccc(Cl)c(OC)c1. The number of hydrogen-bond acceptors (Lipinski definition) is 2. The van der Waals surface area contributed by atoms with Crippen LogP contribution in [0, 0.1) is 0 Å². The van der Waals surface area contributed by atoms with E-state index in [1.807, 2.05) is 0 Å². The molecular weight excluding hydrogens is 293 g/mol. The molecule has 0 atom stereocenters. The third kappa shape index (κ3) is 4.03. The molecule has 0 N–H and O–H groups in total. The van der Waals surface area contributed by atoms with Crippen molar-refractivity contribution in [2.24, 2.45) is 0 Å². The first kappa shape index (κ1) is 17.1. The Hall–Kier alpha value is -0.940. The maximum absolute atomic E-state index is 12.4. The minimum absolute atomic E-state index is 0.410. The van der Waals surface area contributed by atoms with Crippen LogP contribution in [0.1, 0.15) is 32.3 Å². The summed E-state index contributed by atoms with van der Waals surface area (Å²) in [6.07, 6.45) is -3.51. The zero-order valence-corrected chi connectivity index (χ0v) is 12.4. The Kier molecular flexibility index (Phi) is 5.71. The molecule has 0 spiro atoms. The van der Waals surface area contributed by atoms with Crippen molar-refractivity contribution in [3.8, 4) is 5.75 Å². The fourth-order valence-electron chi connectivity index (χ4n) is 2.11. The normalized spacial score (nSPS) is 12.6. The second-order valence-corrected chi connectivity index (χ2v) is 4.86. The van der Waals surface area contributed by atoms with E-state index in [1.165, 1.54) is 7.11 Å². The Morgan fingerprint density at radius 2 is 1.75 bits per heavy atom. The highest BCUT2D eigenvalue weighted by Gasteiger charge is 2.36. The lowest BCUT2D eigenvalue weighted by molar-refractivity contribution is -0.209. The van der Waals surface area contributed by atoms with Crippen molar-refractivity contribution < 1.29 is 22.6 Å². The van der Waals surface area contributed by atoms with Gasteiger partial charge in [-0.05, 0) is 30.5 Å². The van der Waals surface area contributed by atoms with E-state index < -0.39 is 18.4 Å². The number of ether oxygens (including phenoxy) is 2. The van der Waals surface area contributed by atoms with E-state index in [1.54, 1.807) is 32.0 Å². The molecule has 1 aromatic carbocycles. The van der Waals surface area contributed by atoms with Crippen molar-refractivity contribution in [1.29, 1.82) is 0 Å². The molecule has 0 aliphatic heterocycles. The standard InChI is InChI=1S/C14H18ClF3O2/c1-4-13(5-2,20-9-14(16,17)18)10-6-7-11(15)12(8-10)19-3/h6-8H,4-5,9H2,1-3H3. The molecule has 20 heavy (non-hydrogen) atoms. The van der Waals surface area contributed by atoms with Gasteiger partial charge in [0.25, 0.3) is 0 Å². The maximum atomic E-state index is 12.4. The number of rotatable bonds is 6. The van der Waals surface area contributed by atoms with Gasteiger partial charge in [-0.3, -0.25) is 0 Å². The first-order valence-electron chi connectivity index (χ1n) is 6.32. The van der Waals surface area contributed by atoms with Gasteiger partial charge in [-0.25, -0.2) is 0 Å². The van der Waals surface area contributed by atoms with Crippen LogP contribution in [0.25, 0.3) is 0 Å². The summed E-state index contributed by atoms with van der Waals surface area (Å²) in [7, 11) is 1.46. The lowest BCUT2D eigenvalue weighted by Gasteiger charge is -2.33. The fourth-order valence-corrected chi connectivity index (χ4v) is 2.30. The van der Waals surface area contributed by atoms with E-state index in [9.17, 15) is 13.2 Å². The first-order valence-corrected chi connectivity index (χ1v) is 6.70. The van der Waals surface area contributed by atoms with Crippen molar-refractivity contribution in [3.05, 3.63) is 28.8 Å². The summed E-state index contributed by atoms with van der Waals surface area (Å²) in [6.45, 7) is 2.31. The second-order valence-electron chi connectivity index (χ2n) is 4.45. The number of methoxy groups -OCH3 is 1. The molecule has 6 heteroatoms. The Balaban J connectivity index is 3.11. The molecular formula is C14H18ClF3O2. The second kappa shape index (κ2) is 6.68. The molecule has 0 bridgehead atoms. The van der Waals surface area contributed by atoms with Gasteiger partial charge in [0.05, 0.1) is 17.7 Å². The Morgan fingerprint density at radius 3 is 2.20 bits per heavy atom. The van der Waals surface area contributed by atoms with Gasteiger partial charge in [0.1, 0.15) is 12.4 Å². The minimum atomic E-state index is -4.36. The molecule has 0 aliphatic carbocycles. The van der Waals surface area contributed by atoms with Crippen molar-refractivity contribution in [2.45, 2.75) is 38.5 Å². The van der Waals surface area contributed by atoms with E-state index in [4.69, 9.17) is 21.1 Å². The van der Waals surface area contributed by atoms with Crippen LogP contribution in [-0.2, 0) is 10.3 Å². The van der Waals surface area contributed by atoms with Gasteiger partial charge in [-0.15, -0.1) is 0 Å². The predicted octanol–water partition coefficient (Wildman–Crippen LogP) is 4.94. The molecule has 0 saturated heterocycles. The highest BCUT2D eigenvalue weighted by molar-refractivity contribution is 6.32. The molecule has 0 heterocycles. The van der Waals surface area contributed by atoms with Crippen LogP contribution in [0.4, 0.5) is 13.2 Å². The molecule has 0 aliphatic rings. The highest BCUT2D eigenvalue weighted by Crippen LogP contribution is 2.38. The van der Waals surface area contributed by atoms with Gasteiger partial charge in [-0.2, -0.15) is 13.2 Å². The van der Waals surface area contributed by atoms with E-state index >= 15 is 0 Å². The maximum Gasteiger partial charge on any atom is 0.411 e. The van der Waals surface area contributed by atoms with Gasteiger partial charge in [0, 0.05) is 0 Å². The molecule has 0 saturated carbocycles. The van der Waals surface area contributed by atoms with E-state index in [-0.39, 0.29) is 0 Å². The molecule has 1 aromatic rings. The summed E-state index contributed by atoms with van der Waals surface area (Å²) >= 11 is 5.94. The molecule has 114 valence electrons. The van der Waals surface area contributed by atoms with Crippen LogP contribution in [-0.4, -0.2) is 19.9 Å². The van der Waals surface area contributed by atoms with E-state index in [2.05, 4.69) is 0 Å². The molecule has 0 unspecified atom stereocenters. The van der Waals surface area contributed by atoms with Crippen molar-refractivity contribution >= 4 is 11.6 Å². The smallest absolute Gasteiger partial charge is 0.411 e. The molecule has 0 amide bonds. The molecule has 2 nitrogen and oxygen atoms in total. The lowest BCUT2D eigenvalue weighted by atomic mass is 9.88. The van der Waals surface area contributed by atoms with Crippen molar-refractivity contribution in [2.75, 3.05) is 13.7 Å². The summed E-state index contributed by atoms with van der Waals surface area (Å²) in [6, 6.07) is 4.91. The van der Waals surface area contributed by atoms with Crippen LogP contribution in [0.3, 0.4) is 0 Å². The Bertz CT molecular complexity index is 443. The highest BCUT2D eigenvalue weighted by atomic mass is 35.5.